The van der Waals surface area contributed by atoms with Crippen molar-refractivity contribution < 1.29 is 19.0 Å². The first-order chi connectivity index (χ1) is 9.66. The van der Waals surface area contributed by atoms with Gasteiger partial charge < -0.3 is 14.7 Å². The van der Waals surface area contributed by atoms with E-state index in [1.165, 1.54) is 31.4 Å². The van der Waals surface area contributed by atoms with Crippen molar-refractivity contribution in [1.82, 2.24) is 4.90 Å². The molecule has 1 saturated heterocycles. The van der Waals surface area contributed by atoms with E-state index >= 15 is 0 Å². The van der Waals surface area contributed by atoms with Gasteiger partial charge in [0.15, 0.2) is 0 Å². The lowest BCUT2D eigenvalue weighted by Crippen LogP contribution is -2.31. The summed E-state index contributed by atoms with van der Waals surface area (Å²) >= 11 is 0. The normalized spacial score (nSPS) is 15.3. The molecule has 1 aliphatic heterocycles. The van der Waals surface area contributed by atoms with E-state index in [2.05, 4.69) is 4.90 Å². The molecule has 0 atom stereocenters. The summed E-state index contributed by atoms with van der Waals surface area (Å²) in [5.74, 6) is -1.64. The lowest BCUT2D eigenvalue weighted by atomic mass is 10.1. The summed E-state index contributed by atoms with van der Waals surface area (Å²) in [5.41, 5.74) is -0.328. The zero-order valence-electron chi connectivity index (χ0n) is 11.9. The van der Waals surface area contributed by atoms with E-state index in [-0.39, 0.29) is 18.0 Å². The van der Waals surface area contributed by atoms with Crippen LogP contribution in [0.25, 0.3) is 0 Å². The summed E-state index contributed by atoms with van der Waals surface area (Å²) < 4.78 is 18.9. The predicted molar refractivity (Wildman–Crippen MR) is 81.0 cm³/mol. The van der Waals surface area contributed by atoms with Gasteiger partial charge in [-0.05, 0) is 44.5 Å². The Kier molecular flexibility index (Phi) is 7.47. The highest BCUT2D eigenvalue weighted by Gasteiger charge is 2.11. The highest BCUT2D eigenvalue weighted by Crippen LogP contribution is 2.17. The third-order valence-electron chi connectivity index (χ3n) is 3.51. The molecule has 0 aromatic heterocycles. The Bertz CT molecular complexity index is 464. The first kappa shape index (κ1) is 17.7. The van der Waals surface area contributed by atoms with E-state index in [1.54, 1.807) is 0 Å². The number of carbonyl (C=O) groups is 1. The van der Waals surface area contributed by atoms with Crippen molar-refractivity contribution in [3.63, 3.8) is 0 Å². The van der Waals surface area contributed by atoms with E-state index in [1.807, 2.05) is 0 Å². The fourth-order valence-electron chi connectivity index (χ4n) is 2.42. The maximum absolute atomic E-state index is 13.4. The number of hydrogen-bond acceptors (Lipinski definition) is 3. The van der Waals surface area contributed by atoms with Gasteiger partial charge in [0.2, 0.25) is 0 Å². The number of carboxylic acid groups (broad SMARTS) is 1. The third kappa shape index (κ3) is 5.52. The van der Waals surface area contributed by atoms with Crippen LogP contribution in [0.1, 0.15) is 36.0 Å². The molecule has 0 bridgehead atoms. The van der Waals surface area contributed by atoms with Gasteiger partial charge in [-0.25, -0.2) is 9.18 Å². The van der Waals surface area contributed by atoms with Gasteiger partial charge in [0.05, 0.1) is 12.2 Å². The molecule has 0 saturated carbocycles. The SMILES string of the molecule is Cl.O=C(O)c1ccc(OCCCN2CCCCC2)cc1F. The van der Waals surface area contributed by atoms with Crippen molar-refractivity contribution in [2.24, 2.45) is 0 Å². The van der Waals surface area contributed by atoms with Crippen molar-refractivity contribution in [2.75, 3.05) is 26.2 Å². The first-order valence-electron chi connectivity index (χ1n) is 7.05. The molecule has 0 spiro atoms. The van der Waals surface area contributed by atoms with Gasteiger partial charge in [-0.2, -0.15) is 0 Å². The van der Waals surface area contributed by atoms with Crippen LogP contribution in [0, 0.1) is 5.82 Å². The molecule has 1 aromatic carbocycles. The second kappa shape index (κ2) is 8.85. The number of ether oxygens (including phenoxy) is 1. The van der Waals surface area contributed by atoms with Crippen LogP contribution in [0.2, 0.25) is 0 Å². The number of carboxylic acids is 1. The molecular formula is C15H21ClFNO3. The van der Waals surface area contributed by atoms with Crippen LogP contribution in [-0.4, -0.2) is 42.2 Å². The highest BCUT2D eigenvalue weighted by molar-refractivity contribution is 5.88. The molecule has 1 fully saturated rings. The van der Waals surface area contributed by atoms with Gasteiger partial charge in [0.1, 0.15) is 11.6 Å². The summed E-state index contributed by atoms with van der Waals surface area (Å²) in [6.07, 6.45) is 4.75. The molecule has 6 heteroatoms. The standard InChI is InChI=1S/C15H20FNO3.ClH/c16-14-11-12(5-6-13(14)15(18)19)20-10-4-9-17-7-2-1-3-8-17;/h5-6,11H,1-4,7-10H2,(H,18,19);1H. The molecule has 1 heterocycles. The molecule has 0 aliphatic carbocycles. The van der Waals surface area contributed by atoms with E-state index in [9.17, 15) is 9.18 Å². The Morgan fingerprint density at radius 1 is 1.29 bits per heavy atom. The Morgan fingerprint density at radius 3 is 2.62 bits per heavy atom. The smallest absolute Gasteiger partial charge is 0.338 e. The van der Waals surface area contributed by atoms with Gasteiger partial charge in [-0.15, -0.1) is 12.4 Å². The minimum absolute atomic E-state index is 0. The van der Waals surface area contributed by atoms with Gasteiger partial charge in [-0.3, -0.25) is 0 Å². The molecule has 1 aromatic rings. The number of nitrogens with zero attached hydrogens (tertiary/aromatic N) is 1. The van der Waals surface area contributed by atoms with Crippen molar-refractivity contribution in [3.8, 4) is 5.75 Å². The Balaban J connectivity index is 0.00000220. The van der Waals surface area contributed by atoms with E-state index in [0.29, 0.717) is 12.4 Å². The molecule has 0 amide bonds. The Hall–Kier alpha value is -1.33. The Labute approximate surface area is 130 Å². The maximum atomic E-state index is 13.4. The predicted octanol–water partition coefficient (Wildman–Crippen LogP) is 3.20. The van der Waals surface area contributed by atoms with Crippen LogP contribution in [0.5, 0.6) is 5.75 Å². The number of piperidine rings is 1. The monoisotopic (exact) mass is 317 g/mol. The van der Waals surface area contributed by atoms with Crippen molar-refractivity contribution in [3.05, 3.63) is 29.6 Å². The summed E-state index contributed by atoms with van der Waals surface area (Å²) in [6.45, 7) is 3.82. The number of likely N-dealkylation sites (tertiary alicyclic amines) is 1. The summed E-state index contributed by atoms with van der Waals surface area (Å²) in [7, 11) is 0. The minimum Gasteiger partial charge on any atom is -0.493 e. The van der Waals surface area contributed by atoms with Crippen LogP contribution in [0.4, 0.5) is 4.39 Å². The fraction of sp³-hybridized carbons (Fsp3) is 0.533. The molecule has 118 valence electrons. The lowest BCUT2D eigenvalue weighted by molar-refractivity contribution is 0.0692. The van der Waals surface area contributed by atoms with Gasteiger partial charge in [0.25, 0.3) is 0 Å². The zero-order chi connectivity index (χ0) is 14.4. The molecule has 0 unspecified atom stereocenters. The van der Waals surface area contributed by atoms with Gasteiger partial charge in [-0.1, -0.05) is 6.42 Å². The van der Waals surface area contributed by atoms with E-state index < -0.39 is 11.8 Å². The highest BCUT2D eigenvalue weighted by atomic mass is 35.5. The van der Waals surface area contributed by atoms with Crippen LogP contribution < -0.4 is 4.74 Å². The molecule has 0 radical (unpaired) electrons. The lowest BCUT2D eigenvalue weighted by Gasteiger charge is -2.26. The average Bonchev–Trinajstić information content (AvgIpc) is 2.44. The topological polar surface area (TPSA) is 49.8 Å². The first-order valence-corrected chi connectivity index (χ1v) is 7.05. The minimum atomic E-state index is -1.26. The molecule has 21 heavy (non-hydrogen) atoms. The molecule has 4 nitrogen and oxygen atoms in total. The van der Waals surface area contributed by atoms with Crippen LogP contribution >= 0.6 is 12.4 Å². The van der Waals surface area contributed by atoms with Gasteiger partial charge >= 0.3 is 5.97 Å². The molecular weight excluding hydrogens is 297 g/mol. The van der Waals surface area contributed by atoms with Crippen LogP contribution in [-0.2, 0) is 0 Å². The van der Waals surface area contributed by atoms with E-state index in [4.69, 9.17) is 9.84 Å². The zero-order valence-corrected chi connectivity index (χ0v) is 12.7. The third-order valence-corrected chi connectivity index (χ3v) is 3.51. The molecule has 2 rings (SSSR count). The molecule has 1 N–H and O–H groups in total. The Morgan fingerprint density at radius 2 is 2.00 bits per heavy atom. The fourth-order valence-corrected chi connectivity index (χ4v) is 2.42. The second-order valence-corrected chi connectivity index (χ2v) is 5.05. The van der Waals surface area contributed by atoms with Crippen LogP contribution in [0.3, 0.4) is 0 Å². The number of halogens is 2. The number of hydrogen-bond donors (Lipinski definition) is 1. The number of benzene rings is 1. The number of rotatable bonds is 6. The van der Waals surface area contributed by atoms with Crippen molar-refractivity contribution >= 4 is 18.4 Å². The molecule has 1 aliphatic rings. The quantitative estimate of drug-likeness (QED) is 0.819. The summed E-state index contributed by atoms with van der Waals surface area (Å²) in [4.78, 5) is 13.1. The largest absolute Gasteiger partial charge is 0.493 e. The summed E-state index contributed by atoms with van der Waals surface area (Å²) in [5, 5.41) is 8.73. The van der Waals surface area contributed by atoms with Crippen LogP contribution in [0.15, 0.2) is 18.2 Å². The van der Waals surface area contributed by atoms with Crippen molar-refractivity contribution in [2.45, 2.75) is 25.7 Å². The summed E-state index contributed by atoms with van der Waals surface area (Å²) in [6, 6.07) is 3.86. The van der Waals surface area contributed by atoms with E-state index in [0.717, 1.165) is 32.1 Å². The van der Waals surface area contributed by atoms with Crippen molar-refractivity contribution in [1.29, 1.82) is 0 Å². The maximum Gasteiger partial charge on any atom is 0.338 e. The number of aromatic carboxylic acids is 1. The second-order valence-electron chi connectivity index (χ2n) is 5.05. The average molecular weight is 318 g/mol. The van der Waals surface area contributed by atoms with Gasteiger partial charge in [0, 0.05) is 12.6 Å².